The molecular weight excluding hydrogens is 242 g/mol. The van der Waals surface area contributed by atoms with E-state index in [2.05, 4.69) is 22.4 Å². The maximum Gasteiger partial charge on any atom is 0.230 e. The van der Waals surface area contributed by atoms with Gasteiger partial charge in [-0.2, -0.15) is 4.98 Å². The molecule has 2 unspecified atom stereocenters. The summed E-state index contributed by atoms with van der Waals surface area (Å²) < 4.78 is 5.38. The molecule has 5 nitrogen and oxygen atoms in total. The van der Waals surface area contributed by atoms with E-state index in [1.165, 1.54) is 0 Å². The number of phenols is 1. The molecule has 0 spiro atoms. The normalized spacial score (nSPS) is 23.4. The molecular formula is C14H17N3O2. The van der Waals surface area contributed by atoms with Crippen LogP contribution in [0.5, 0.6) is 5.75 Å². The number of aromatic hydroxyl groups is 1. The summed E-state index contributed by atoms with van der Waals surface area (Å²) in [6.07, 6.45) is 2.04. The molecule has 2 aromatic rings. The maximum absolute atomic E-state index is 9.47. The fraction of sp³-hybridized carbons (Fsp3) is 0.429. The second-order valence-electron chi connectivity index (χ2n) is 5.08. The Morgan fingerprint density at radius 3 is 3.11 bits per heavy atom. The number of aromatic nitrogens is 2. The molecule has 2 N–H and O–H groups in total. The summed E-state index contributed by atoms with van der Waals surface area (Å²) in [5, 5.41) is 16.9. The number of benzene rings is 1. The summed E-state index contributed by atoms with van der Waals surface area (Å²) in [5.41, 5.74) is 0.775. The molecule has 1 aromatic heterocycles. The van der Waals surface area contributed by atoms with Gasteiger partial charge in [-0.05, 0) is 38.4 Å². The van der Waals surface area contributed by atoms with Crippen LogP contribution in [0, 0.1) is 0 Å². The third-order valence-electron chi connectivity index (χ3n) is 3.52. The third kappa shape index (κ3) is 2.61. The molecule has 1 aliphatic heterocycles. The SMILES string of the molecule is CC1CC(c2nc(-c3cccc(O)c3)no2)CCN1. The highest BCUT2D eigenvalue weighted by Crippen LogP contribution is 2.28. The Morgan fingerprint density at radius 2 is 2.32 bits per heavy atom. The first kappa shape index (κ1) is 12.2. The van der Waals surface area contributed by atoms with E-state index in [9.17, 15) is 5.11 Å². The van der Waals surface area contributed by atoms with Crippen LogP contribution in [-0.4, -0.2) is 27.8 Å². The molecule has 1 aliphatic rings. The third-order valence-corrected chi connectivity index (χ3v) is 3.52. The summed E-state index contributed by atoms with van der Waals surface area (Å²) in [7, 11) is 0. The highest BCUT2D eigenvalue weighted by Gasteiger charge is 2.25. The summed E-state index contributed by atoms with van der Waals surface area (Å²) >= 11 is 0. The summed E-state index contributed by atoms with van der Waals surface area (Å²) in [6.45, 7) is 3.15. The molecule has 19 heavy (non-hydrogen) atoms. The Kier molecular flexibility index (Phi) is 3.21. The highest BCUT2D eigenvalue weighted by atomic mass is 16.5. The van der Waals surface area contributed by atoms with Crippen LogP contribution >= 0.6 is 0 Å². The van der Waals surface area contributed by atoms with Crippen LogP contribution in [0.1, 0.15) is 31.6 Å². The summed E-state index contributed by atoms with van der Waals surface area (Å²) in [4.78, 5) is 4.46. The van der Waals surface area contributed by atoms with Crippen LogP contribution < -0.4 is 5.32 Å². The first-order chi connectivity index (χ1) is 9.22. The van der Waals surface area contributed by atoms with Crippen LogP contribution in [0.2, 0.25) is 0 Å². The lowest BCUT2D eigenvalue weighted by atomic mass is 9.93. The van der Waals surface area contributed by atoms with Gasteiger partial charge in [-0.3, -0.25) is 0 Å². The molecule has 0 radical (unpaired) electrons. The van der Waals surface area contributed by atoms with E-state index in [0.717, 1.165) is 24.9 Å². The number of phenolic OH excluding ortho intramolecular Hbond substituents is 1. The van der Waals surface area contributed by atoms with Crippen molar-refractivity contribution in [3.05, 3.63) is 30.2 Å². The van der Waals surface area contributed by atoms with Gasteiger partial charge in [0.15, 0.2) is 0 Å². The highest BCUT2D eigenvalue weighted by molar-refractivity contribution is 5.56. The van der Waals surface area contributed by atoms with E-state index in [4.69, 9.17) is 4.52 Å². The molecule has 1 aromatic carbocycles. The Bertz CT molecular complexity index is 567. The number of hydrogen-bond donors (Lipinski definition) is 2. The van der Waals surface area contributed by atoms with E-state index in [1.807, 2.05) is 6.07 Å². The minimum atomic E-state index is 0.208. The average molecular weight is 259 g/mol. The maximum atomic E-state index is 9.47. The predicted molar refractivity (Wildman–Crippen MR) is 70.8 cm³/mol. The van der Waals surface area contributed by atoms with E-state index >= 15 is 0 Å². The van der Waals surface area contributed by atoms with Crippen molar-refractivity contribution >= 4 is 0 Å². The van der Waals surface area contributed by atoms with Crippen LogP contribution in [0.15, 0.2) is 28.8 Å². The molecule has 2 atom stereocenters. The van der Waals surface area contributed by atoms with Crippen molar-refractivity contribution in [3.8, 4) is 17.1 Å². The van der Waals surface area contributed by atoms with Gasteiger partial charge in [0.05, 0.1) is 0 Å². The van der Waals surface area contributed by atoms with Crippen LogP contribution in [0.4, 0.5) is 0 Å². The lowest BCUT2D eigenvalue weighted by Gasteiger charge is -2.25. The average Bonchev–Trinajstić information content (AvgIpc) is 2.88. The Hall–Kier alpha value is -1.88. The lowest BCUT2D eigenvalue weighted by Crippen LogP contribution is -2.34. The Balaban J connectivity index is 1.83. The van der Waals surface area contributed by atoms with Gasteiger partial charge in [-0.25, -0.2) is 0 Å². The minimum Gasteiger partial charge on any atom is -0.508 e. The van der Waals surface area contributed by atoms with E-state index in [-0.39, 0.29) is 5.75 Å². The molecule has 2 heterocycles. The van der Waals surface area contributed by atoms with Gasteiger partial charge in [0.1, 0.15) is 5.75 Å². The predicted octanol–water partition coefficient (Wildman–Crippen LogP) is 2.30. The summed E-state index contributed by atoms with van der Waals surface area (Å²) in [6, 6.07) is 7.38. The largest absolute Gasteiger partial charge is 0.508 e. The fourth-order valence-electron chi connectivity index (χ4n) is 2.52. The smallest absolute Gasteiger partial charge is 0.230 e. The zero-order chi connectivity index (χ0) is 13.2. The number of piperidine rings is 1. The van der Waals surface area contributed by atoms with E-state index in [1.54, 1.807) is 18.2 Å². The number of hydrogen-bond acceptors (Lipinski definition) is 5. The molecule has 100 valence electrons. The van der Waals surface area contributed by atoms with Gasteiger partial charge in [0.2, 0.25) is 11.7 Å². The van der Waals surface area contributed by atoms with Crippen molar-refractivity contribution < 1.29 is 9.63 Å². The van der Waals surface area contributed by atoms with Crippen molar-refractivity contribution in [2.75, 3.05) is 6.54 Å². The van der Waals surface area contributed by atoms with E-state index in [0.29, 0.717) is 23.7 Å². The Labute approximate surface area is 111 Å². The van der Waals surface area contributed by atoms with Crippen LogP contribution in [0.25, 0.3) is 11.4 Å². The molecule has 3 rings (SSSR count). The Morgan fingerprint density at radius 1 is 1.42 bits per heavy atom. The van der Waals surface area contributed by atoms with Gasteiger partial charge in [0, 0.05) is 17.5 Å². The monoisotopic (exact) mass is 259 g/mol. The van der Waals surface area contributed by atoms with Gasteiger partial charge in [0.25, 0.3) is 0 Å². The second-order valence-corrected chi connectivity index (χ2v) is 5.08. The van der Waals surface area contributed by atoms with Crippen molar-refractivity contribution in [1.29, 1.82) is 0 Å². The number of nitrogens with zero attached hydrogens (tertiary/aromatic N) is 2. The van der Waals surface area contributed by atoms with Gasteiger partial charge < -0.3 is 14.9 Å². The first-order valence-electron chi connectivity index (χ1n) is 6.59. The fourth-order valence-corrected chi connectivity index (χ4v) is 2.52. The van der Waals surface area contributed by atoms with Crippen molar-refractivity contribution in [2.24, 2.45) is 0 Å². The van der Waals surface area contributed by atoms with Crippen molar-refractivity contribution in [1.82, 2.24) is 15.5 Å². The first-order valence-corrected chi connectivity index (χ1v) is 6.59. The number of nitrogens with one attached hydrogen (secondary N) is 1. The van der Waals surface area contributed by atoms with Crippen molar-refractivity contribution in [3.63, 3.8) is 0 Å². The van der Waals surface area contributed by atoms with Gasteiger partial charge >= 0.3 is 0 Å². The minimum absolute atomic E-state index is 0.208. The molecule has 0 saturated carbocycles. The van der Waals surface area contributed by atoms with Crippen molar-refractivity contribution in [2.45, 2.75) is 31.7 Å². The molecule has 0 amide bonds. The lowest BCUT2D eigenvalue weighted by molar-refractivity contribution is 0.295. The van der Waals surface area contributed by atoms with E-state index < -0.39 is 0 Å². The number of rotatable bonds is 2. The van der Waals surface area contributed by atoms with Gasteiger partial charge in [-0.1, -0.05) is 17.3 Å². The van der Waals surface area contributed by atoms with Gasteiger partial charge in [-0.15, -0.1) is 0 Å². The van der Waals surface area contributed by atoms with Crippen LogP contribution in [-0.2, 0) is 0 Å². The second kappa shape index (κ2) is 5.01. The zero-order valence-corrected chi connectivity index (χ0v) is 10.8. The molecule has 1 saturated heterocycles. The topological polar surface area (TPSA) is 71.2 Å². The molecule has 5 heteroatoms. The zero-order valence-electron chi connectivity index (χ0n) is 10.8. The standard InChI is InChI=1S/C14H17N3O2/c1-9-7-11(5-6-15-9)14-16-13(17-19-14)10-3-2-4-12(18)8-10/h2-4,8-9,11,15,18H,5-7H2,1H3. The molecule has 1 fully saturated rings. The molecule has 0 aliphatic carbocycles. The molecule has 0 bridgehead atoms. The van der Waals surface area contributed by atoms with Crippen LogP contribution in [0.3, 0.4) is 0 Å². The summed E-state index contributed by atoms with van der Waals surface area (Å²) in [5.74, 6) is 1.78. The quantitative estimate of drug-likeness (QED) is 0.866.